The summed E-state index contributed by atoms with van der Waals surface area (Å²) in [4.78, 5) is 4.01. The van der Waals surface area contributed by atoms with Crippen molar-refractivity contribution >= 4 is 11.6 Å². The quantitative estimate of drug-likeness (QED) is 0.865. The molecule has 2 aliphatic carbocycles. The van der Waals surface area contributed by atoms with Gasteiger partial charge in [-0.2, -0.15) is 0 Å². The molecule has 0 amide bonds. The Hall–Kier alpha value is -1.39. The average Bonchev–Trinajstić information content (AvgIpc) is 3.03. The minimum Gasteiger partial charge on any atom is -0.368 e. The number of nitrogens with zero attached hydrogens (tertiary/aromatic N) is 1. The van der Waals surface area contributed by atoms with Gasteiger partial charge in [-0.3, -0.25) is 0 Å². The van der Waals surface area contributed by atoms with Crippen LogP contribution in [0.1, 0.15) is 32.6 Å². The summed E-state index contributed by atoms with van der Waals surface area (Å²) in [5.41, 5.74) is 0. The van der Waals surface area contributed by atoms with Crippen molar-refractivity contribution in [2.75, 3.05) is 23.7 Å². The lowest BCUT2D eigenvalue weighted by Gasteiger charge is -2.22. The maximum Gasteiger partial charge on any atom is 0.168 e. The highest BCUT2D eigenvalue weighted by Gasteiger charge is 2.39. The third kappa shape index (κ3) is 2.58. The Balaban J connectivity index is 1.66. The van der Waals surface area contributed by atoms with Gasteiger partial charge >= 0.3 is 0 Å². The molecule has 0 aliphatic heterocycles. The molecule has 2 aliphatic rings. The minimum atomic E-state index is -0.644. The fraction of sp³-hybridized carbons (Fsp3) is 0.667. The van der Waals surface area contributed by atoms with Gasteiger partial charge in [0.25, 0.3) is 0 Å². The van der Waals surface area contributed by atoms with Crippen LogP contribution in [0.25, 0.3) is 0 Å². The van der Waals surface area contributed by atoms with Gasteiger partial charge < -0.3 is 10.6 Å². The Bertz CT molecular complexity index is 492. The van der Waals surface area contributed by atoms with Crippen molar-refractivity contribution in [3.05, 3.63) is 17.7 Å². The molecule has 3 nitrogen and oxygen atoms in total. The van der Waals surface area contributed by atoms with Crippen molar-refractivity contribution in [2.24, 2.45) is 17.8 Å². The molecule has 5 heteroatoms. The van der Waals surface area contributed by atoms with Crippen LogP contribution < -0.4 is 10.6 Å². The molecule has 0 spiro atoms. The largest absolute Gasteiger partial charge is 0.368 e. The smallest absolute Gasteiger partial charge is 0.168 e. The summed E-state index contributed by atoms with van der Waals surface area (Å²) in [6, 6.07) is 0.897. The molecule has 2 saturated carbocycles. The molecule has 1 aromatic rings. The van der Waals surface area contributed by atoms with Crippen LogP contribution in [0.15, 0.2) is 6.07 Å². The van der Waals surface area contributed by atoms with E-state index < -0.39 is 11.6 Å². The van der Waals surface area contributed by atoms with Crippen LogP contribution in [0.2, 0.25) is 0 Å². The predicted molar refractivity (Wildman–Crippen MR) is 75.7 cm³/mol. The van der Waals surface area contributed by atoms with Crippen LogP contribution >= 0.6 is 0 Å². The summed E-state index contributed by atoms with van der Waals surface area (Å²) in [6.07, 6.45) is 5.22. The van der Waals surface area contributed by atoms with E-state index in [9.17, 15) is 8.78 Å². The van der Waals surface area contributed by atoms with Crippen molar-refractivity contribution in [3.63, 3.8) is 0 Å². The molecule has 1 heterocycles. The van der Waals surface area contributed by atoms with Gasteiger partial charge in [0.15, 0.2) is 23.3 Å². The van der Waals surface area contributed by atoms with Crippen LogP contribution in [0.4, 0.5) is 20.4 Å². The van der Waals surface area contributed by atoms with Gasteiger partial charge in [-0.15, -0.1) is 0 Å². The predicted octanol–water partition coefficient (Wildman–Crippen LogP) is 3.64. The number of nitrogens with one attached hydrogen (secondary N) is 2. The van der Waals surface area contributed by atoms with Crippen LogP contribution in [0.5, 0.6) is 0 Å². The van der Waals surface area contributed by atoms with E-state index in [0.717, 1.165) is 24.4 Å². The molecule has 3 atom stereocenters. The summed E-state index contributed by atoms with van der Waals surface area (Å²) in [5.74, 6) is 1.28. The number of aromatic nitrogens is 1. The second-order valence-corrected chi connectivity index (χ2v) is 6.00. The highest BCUT2D eigenvalue weighted by Crippen LogP contribution is 2.48. The number of rotatable bonds is 5. The van der Waals surface area contributed by atoms with E-state index in [0.29, 0.717) is 12.5 Å². The molecule has 0 aromatic carbocycles. The van der Waals surface area contributed by atoms with Gasteiger partial charge in [-0.25, -0.2) is 13.8 Å². The van der Waals surface area contributed by atoms with E-state index in [1.165, 1.54) is 25.7 Å². The van der Waals surface area contributed by atoms with Crippen molar-refractivity contribution in [1.82, 2.24) is 4.98 Å². The second-order valence-electron chi connectivity index (χ2n) is 6.00. The highest BCUT2D eigenvalue weighted by molar-refractivity contribution is 5.47. The average molecular weight is 281 g/mol. The van der Waals surface area contributed by atoms with Crippen molar-refractivity contribution in [1.29, 1.82) is 0 Å². The maximum absolute atomic E-state index is 13.7. The highest BCUT2D eigenvalue weighted by atomic mass is 19.1. The van der Waals surface area contributed by atoms with Crippen LogP contribution in [0, 0.1) is 29.4 Å². The number of hydrogen-bond acceptors (Lipinski definition) is 3. The first-order valence-corrected chi connectivity index (χ1v) is 7.51. The summed E-state index contributed by atoms with van der Waals surface area (Å²) in [5, 5.41) is 5.88. The molecule has 110 valence electrons. The zero-order valence-corrected chi connectivity index (χ0v) is 11.8. The molecule has 0 radical (unpaired) electrons. The molecule has 2 fully saturated rings. The van der Waals surface area contributed by atoms with Crippen molar-refractivity contribution in [2.45, 2.75) is 32.6 Å². The third-order valence-electron chi connectivity index (χ3n) is 4.69. The van der Waals surface area contributed by atoms with Gasteiger partial charge in [-0.1, -0.05) is 6.42 Å². The van der Waals surface area contributed by atoms with Gasteiger partial charge in [0, 0.05) is 19.2 Å². The van der Waals surface area contributed by atoms with Gasteiger partial charge in [0.05, 0.1) is 0 Å². The number of anilines is 2. The van der Waals surface area contributed by atoms with Gasteiger partial charge in [0.2, 0.25) is 0 Å². The maximum atomic E-state index is 13.7. The second kappa shape index (κ2) is 5.54. The summed E-state index contributed by atoms with van der Waals surface area (Å²) >= 11 is 0. The molecule has 20 heavy (non-hydrogen) atoms. The van der Waals surface area contributed by atoms with E-state index in [2.05, 4.69) is 15.6 Å². The fourth-order valence-corrected chi connectivity index (χ4v) is 3.74. The summed E-state index contributed by atoms with van der Waals surface area (Å²) in [7, 11) is 0. The molecule has 3 unspecified atom stereocenters. The number of halogens is 2. The Kier molecular flexibility index (Phi) is 3.76. The first kappa shape index (κ1) is 13.6. The Morgan fingerprint density at radius 3 is 2.50 bits per heavy atom. The lowest BCUT2D eigenvalue weighted by atomic mass is 9.89. The van der Waals surface area contributed by atoms with E-state index in [1.807, 2.05) is 6.92 Å². The van der Waals surface area contributed by atoms with Crippen LogP contribution in [0.3, 0.4) is 0 Å². The monoisotopic (exact) mass is 281 g/mol. The van der Waals surface area contributed by atoms with E-state index in [4.69, 9.17) is 0 Å². The molecule has 1 aromatic heterocycles. The third-order valence-corrected chi connectivity index (χ3v) is 4.69. The molecule has 3 rings (SSSR count). The Morgan fingerprint density at radius 2 is 1.90 bits per heavy atom. The van der Waals surface area contributed by atoms with Gasteiger partial charge in [0.1, 0.15) is 0 Å². The van der Waals surface area contributed by atoms with E-state index in [1.54, 1.807) is 0 Å². The van der Waals surface area contributed by atoms with Crippen LogP contribution in [-0.4, -0.2) is 18.1 Å². The van der Waals surface area contributed by atoms with E-state index in [-0.39, 0.29) is 11.6 Å². The Morgan fingerprint density at radius 1 is 1.15 bits per heavy atom. The Labute approximate surface area is 118 Å². The first-order valence-electron chi connectivity index (χ1n) is 7.51. The van der Waals surface area contributed by atoms with Crippen molar-refractivity contribution < 1.29 is 8.78 Å². The number of fused-ring (bicyclic) bond motifs is 2. The van der Waals surface area contributed by atoms with Crippen LogP contribution in [-0.2, 0) is 0 Å². The topological polar surface area (TPSA) is 37.0 Å². The minimum absolute atomic E-state index is 0.115. The normalized spacial score (nSPS) is 27.9. The number of hydrogen-bond donors (Lipinski definition) is 2. The SMILES string of the molecule is CCNc1nc(NCC2CC3CCC2C3)c(F)cc1F. The first-order chi connectivity index (χ1) is 9.67. The molecule has 2 bridgehead atoms. The molecular weight excluding hydrogens is 260 g/mol. The lowest BCUT2D eigenvalue weighted by Crippen LogP contribution is -2.21. The zero-order chi connectivity index (χ0) is 14.1. The fourth-order valence-electron chi connectivity index (χ4n) is 3.74. The van der Waals surface area contributed by atoms with Crippen molar-refractivity contribution in [3.8, 4) is 0 Å². The van der Waals surface area contributed by atoms with Gasteiger partial charge in [-0.05, 0) is 43.9 Å². The molecule has 0 saturated heterocycles. The summed E-state index contributed by atoms with van der Waals surface area (Å²) in [6.45, 7) is 3.15. The number of pyridine rings is 1. The molecular formula is C15H21F2N3. The van der Waals surface area contributed by atoms with E-state index >= 15 is 0 Å². The molecule has 2 N–H and O–H groups in total. The standard InChI is InChI=1S/C15H21F2N3/c1-2-18-14-12(16)7-13(17)15(20-14)19-8-11-6-9-3-4-10(11)5-9/h7,9-11H,2-6,8H2,1H3,(H2,18,19,20). The zero-order valence-electron chi connectivity index (χ0n) is 11.8. The lowest BCUT2D eigenvalue weighted by molar-refractivity contribution is 0.348. The summed E-state index contributed by atoms with van der Waals surface area (Å²) < 4.78 is 27.2.